The molecule has 1 aromatic rings. The van der Waals surface area contributed by atoms with E-state index in [0.717, 1.165) is 0 Å². The van der Waals surface area contributed by atoms with Gasteiger partial charge in [0.15, 0.2) is 5.75 Å². The maximum atomic E-state index is 11.9. The van der Waals surface area contributed by atoms with Crippen molar-refractivity contribution >= 4 is 15.9 Å². The predicted molar refractivity (Wildman–Crippen MR) is 46.2 cm³/mol. The topological polar surface area (TPSA) is 65.9 Å². The van der Waals surface area contributed by atoms with E-state index in [0.29, 0.717) is 6.07 Å². The number of pyridine rings is 1. The second-order valence-electron chi connectivity index (χ2n) is 2.35. The molecule has 0 aliphatic carbocycles. The Labute approximate surface area is 89.4 Å². The molecule has 0 unspecified atom stereocenters. The summed E-state index contributed by atoms with van der Waals surface area (Å²) in [6.07, 6.45) is -4.92. The highest BCUT2D eigenvalue weighted by Crippen LogP contribution is 2.30. The molecule has 0 aliphatic rings. The van der Waals surface area contributed by atoms with Crippen molar-refractivity contribution in [3.8, 4) is 11.8 Å². The minimum atomic E-state index is -4.92. The van der Waals surface area contributed by atoms with Crippen LogP contribution in [0, 0.1) is 11.3 Å². The molecular weight excluding hydrogens is 281 g/mol. The molecule has 1 heterocycles. The molecule has 0 saturated heterocycles. The standard InChI is InChI=1S/C7H2BrF3N2O2/c8-6-5(15-7(9,10)11)3(2-12)1-4(14)13-6/h1H,(H,13,14). The average molecular weight is 283 g/mol. The SMILES string of the molecule is N#Cc1cc(=O)[nH]c(Br)c1OC(F)(F)F. The van der Waals surface area contributed by atoms with E-state index in [1.54, 1.807) is 0 Å². The van der Waals surface area contributed by atoms with Crippen molar-refractivity contribution < 1.29 is 17.9 Å². The van der Waals surface area contributed by atoms with E-state index in [2.05, 4.69) is 20.7 Å². The summed E-state index contributed by atoms with van der Waals surface area (Å²) in [5.41, 5.74) is -1.20. The summed E-state index contributed by atoms with van der Waals surface area (Å²) < 4.78 is 38.9. The first-order chi connectivity index (χ1) is 6.83. The Hall–Kier alpha value is -1.49. The van der Waals surface area contributed by atoms with Gasteiger partial charge in [-0.2, -0.15) is 5.26 Å². The quantitative estimate of drug-likeness (QED) is 0.800. The highest BCUT2D eigenvalue weighted by Gasteiger charge is 2.33. The van der Waals surface area contributed by atoms with Crippen molar-refractivity contribution in [3.05, 3.63) is 26.6 Å². The van der Waals surface area contributed by atoms with Crippen LogP contribution in [0.1, 0.15) is 5.56 Å². The van der Waals surface area contributed by atoms with Crippen molar-refractivity contribution in [1.29, 1.82) is 5.26 Å². The molecule has 0 bridgehead atoms. The summed E-state index contributed by atoms with van der Waals surface area (Å²) >= 11 is 2.66. The van der Waals surface area contributed by atoms with Crippen molar-refractivity contribution in [3.63, 3.8) is 0 Å². The van der Waals surface area contributed by atoms with Gasteiger partial charge in [0.2, 0.25) is 5.56 Å². The van der Waals surface area contributed by atoms with Crippen LogP contribution in [-0.2, 0) is 0 Å². The molecule has 1 aromatic heterocycles. The van der Waals surface area contributed by atoms with Crippen molar-refractivity contribution in [2.24, 2.45) is 0 Å². The largest absolute Gasteiger partial charge is 0.573 e. The molecule has 0 radical (unpaired) electrons. The molecule has 8 heteroatoms. The van der Waals surface area contributed by atoms with Gasteiger partial charge in [-0.25, -0.2) is 0 Å². The zero-order chi connectivity index (χ0) is 11.6. The van der Waals surface area contributed by atoms with E-state index in [1.165, 1.54) is 6.07 Å². The van der Waals surface area contributed by atoms with Gasteiger partial charge in [0, 0.05) is 6.07 Å². The highest BCUT2D eigenvalue weighted by atomic mass is 79.9. The first-order valence-corrected chi connectivity index (χ1v) is 4.21. The number of nitrogens with zero attached hydrogens (tertiary/aromatic N) is 1. The number of halogens is 4. The minimum Gasteiger partial charge on any atom is -0.402 e. The first-order valence-electron chi connectivity index (χ1n) is 3.42. The van der Waals surface area contributed by atoms with Gasteiger partial charge in [-0.1, -0.05) is 0 Å². The Morgan fingerprint density at radius 2 is 2.13 bits per heavy atom. The van der Waals surface area contributed by atoms with Crippen LogP contribution in [0.25, 0.3) is 0 Å². The molecule has 0 aromatic carbocycles. The molecular formula is C7H2BrF3N2O2. The number of aromatic amines is 1. The van der Waals surface area contributed by atoms with E-state index >= 15 is 0 Å². The van der Waals surface area contributed by atoms with Gasteiger partial charge in [0.05, 0.1) is 0 Å². The van der Waals surface area contributed by atoms with Gasteiger partial charge in [-0.05, 0) is 15.9 Å². The predicted octanol–water partition coefficient (Wildman–Crippen LogP) is 1.91. The minimum absolute atomic E-state index is 0.330. The van der Waals surface area contributed by atoms with E-state index < -0.39 is 23.2 Å². The normalized spacial score (nSPS) is 10.9. The van der Waals surface area contributed by atoms with Crippen LogP contribution in [0.4, 0.5) is 13.2 Å². The summed E-state index contributed by atoms with van der Waals surface area (Å²) in [4.78, 5) is 12.8. The second kappa shape index (κ2) is 3.94. The molecule has 80 valence electrons. The number of aromatic nitrogens is 1. The monoisotopic (exact) mass is 282 g/mol. The van der Waals surface area contributed by atoms with Crippen molar-refractivity contribution in [2.75, 3.05) is 0 Å². The lowest BCUT2D eigenvalue weighted by Gasteiger charge is -2.10. The lowest BCUT2D eigenvalue weighted by molar-refractivity contribution is -0.275. The van der Waals surface area contributed by atoms with Gasteiger partial charge in [0.1, 0.15) is 16.2 Å². The Bertz CT molecular complexity index is 475. The fraction of sp³-hybridized carbons (Fsp3) is 0.143. The van der Waals surface area contributed by atoms with Gasteiger partial charge in [0.25, 0.3) is 0 Å². The van der Waals surface area contributed by atoms with E-state index in [4.69, 9.17) is 5.26 Å². The number of alkyl halides is 3. The zero-order valence-electron chi connectivity index (χ0n) is 6.85. The number of hydrogen-bond donors (Lipinski definition) is 1. The van der Waals surface area contributed by atoms with Gasteiger partial charge < -0.3 is 9.72 Å². The number of H-pyrrole nitrogens is 1. The smallest absolute Gasteiger partial charge is 0.402 e. The number of ether oxygens (including phenoxy) is 1. The van der Waals surface area contributed by atoms with E-state index in [1.807, 2.05) is 4.98 Å². The number of rotatable bonds is 1. The molecule has 1 N–H and O–H groups in total. The van der Waals surface area contributed by atoms with Crippen molar-refractivity contribution in [1.82, 2.24) is 4.98 Å². The Morgan fingerprint density at radius 1 is 1.53 bits per heavy atom. The van der Waals surface area contributed by atoms with Gasteiger partial charge in [-0.3, -0.25) is 4.79 Å². The summed E-state index contributed by atoms with van der Waals surface area (Å²) in [5, 5.41) is 8.49. The van der Waals surface area contributed by atoms with Crippen LogP contribution in [-0.4, -0.2) is 11.3 Å². The number of nitrogens with one attached hydrogen (secondary N) is 1. The molecule has 0 spiro atoms. The summed E-state index contributed by atoms with van der Waals surface area (Å²) in [6.45, 7) is 0. The fourth-order valence-electron chi connectivity index (χ4n) is 0.814. The summed E-state index contributed by atoms with van der Waals surface area (Å²) in [7, 11) is 0. The van der Waals surface area contributed by atoms with Crippen LogP contribution in [0.3, 0.4) is 0 Å². The first kappa shape index (κ1) is 11.6. The molecule has 0 saturated carbocycles. The maximum Gasteiger partial charge on any atom is 0.573 e. The zero-order valence-corrected chi connectivity index (χ0v) is 8.44. The van der Waals surface area contributed by atoms with Crippen LogP contribution >= 0.6 is 15.9 Å². The third-order valence-corrected chi connectivity index (χ3v) is 1.85. The molecule has 4 nitrogen and oxygen atoms in total. The average Bonchev–Trinajstić information content (AvgIpc) is 2.07. The van der Waals surface area contributed by atoms with Gasteiger partial charge >= 0.3 is 6.36 Å². The van der Waals surface area contributed by atoms with Crippen LogP contribution in [0.5, 0.6) is 5.75 Å². The molecule has 1 rings (SSSR count). The lowest BCUT2D eigenvalue weighted by atomic mass is 10.3. The molecule has 0 aliphatic heterocycles. The highest BCUT2D eigenvalue weighted by molar-refractivity contribution is 9.10. The Balaban J connectivity index is 3.29. The molecule has 0 atom stereocenters. The summed E-state index contributed by atoms with van der Waals surface area (Å²) in [6, 6.07) is 2.14. The fourth-order valence-corrected chi connectivity index (χ4v) is 1.30. The molecule has 0 amide bonds. The Morgan fingerprint density at radius 3 is 2.60 bits per heavy atom. The third kappa shape index (κ3) is 2.99. The molecule has 15 heavy (non-hydrogen) atoms. The van der Waals surface area contributed by atoms with Crippen molar-refractivity contribution in [2.45, 2.75) is 6.36 Å². The number of hydrogen-bond acceptors (Lipinski definition) is 3. The Kier molecular flexibility index (Phi) is 3.04. The molecule has 0 fully saturated rings. The van der Waals surface area contributed by atoms with Gasteiger partial charge in [-0.15, -0.1) is 13.2 Å². The van der Waals surface area contributed by atoms with E-state index in [9.17, 15) is 18.0 Å². The third-order valence-electron chi connectivity index (χ3n) is 1.29. The number of nitriles is 1. The van der Waals surface area contributed by atoms with E-state index in [-0.39, 0.29) is 4.60 Å². The lowest BCUT2D eigenvalue weighted by Crippen LogP contribution is -2.20. The maximum absolute atomic E-state index is 11.9. The van der Waals surface area contributed by atoms with Crippen LogP contribution in [0.15, 0.2) is 15.5 Å². The van der Waals surface area contributed by atoms with Crippen LogP contribution < -0.4 is 10.3 Å². The summed E-state index contributed by atoms with van der Waals surface area (Å²) in [5.74, 6) is -0.760. The van der Waals surface area contributed by atoms with Crippen LogP contribution in [0.2, 0.25) is 0 Å². The second-order valence-corrected chi connectivity index (χ2v) is 3.14.